The standard InChI is InChI=1S/C6H9NO.C2H6/c1-5-3-7-4-8-6(5)2;1-2/h4H,3H2,1-2H3;1-2H3. The topological polar surface area (TPSA) is 21.6 Å². The van der Waals surface area contributed by atoms with E-state index in [4.69, 9.17) is 4.74 Å². The fourth-order valence-electron chi connectivity index (χ4n) is 0.502. The minimum absolute atomic E-state index is 0.797. The van der Waals surface area contributed by atoms with E-state index in [1.165, 1.54) is 12.0 Å². The Bertz CT molecular complexity index is 131. The van der Waals surface area contributed by atoms with Gasteiger partial charge in [-0.2, -0.15) is 0 Å². The van der Waals surface area contributed by atoms with E-state index in [9.17, 15) is 0 Å². The first kappa shape index (κ1) is 9.21. The Hall–Kier alpha value is -0.790. The molecule has 0 aliphatic carbocycles. The van der Waals surface area contributed by atoms with Crippen LogP contribution in [0.4, 0.5) is 0 Å². The second-order valence-electron chi connectivity index (χ2n) is 1.90. The first-order chi connectivity index (χ1) is 4.80. The van der Waals surface area contributed by atoms with Crippen LogP contribution in [0.2, 0.25) is 0 Å². The number of nitrogens with zero attached hydrogens (tertiary/aromatic N) is 1. The van der Waals surface area contributed by atoms with Crippen LogP contribution in [0.1, 0.15) is 27.7 Å². The van der Waals surface area contributed by atoms with Gasteiger partial charge in [-0.05, 0) is 19.4 Å². The molecule has 0 aromatic carbocycles. The van der Waals surface area contributed by atoms with E-state index in [1.54, 1.807) is 0 Å². The minimum Gasteiger partial charge on any atom is -0.451 e. The first-order valence-corrected chi connectivity index (χ1v) is 3.62. The Morgan fingerprint density at radius 2 is 2.00 bits per heavy atom. The monoisotopic (exact) mass is 141 g/mol. The van der Waals surface area contributed by atoms with Gasteiger partial charge in [0.1, 0.15) is 5.76 Å². The van der Waals surface area contributed by atoms with Gasteiger partial charge in [-0.1, -0.05) is 13.8 Å². The van der Waals surface area contributed by atoms with Crippen molar-refractivity contribution in [2.45, 2.75) is 27.7 Å². The van der Waals surface area contributed by atoms with Gasteiger partial charge in [0.15, 0.2) is 6.40 Å². The Morgan fingerprint density at radius 3 is 2.30 bits per heavy atom. The third-order valence-electron chi connectivity index (χ3n) is 1.23. The lowest BCUT2D eigenvalue weighted by Gasteiger charge is -2.07. The van der Waals surface area contributed by atoms with Gasteiger partial charge in [-0.3, -0.25) is 4.99 Å². The van der Waals surface area contributed by atoms with Crippen molar-refractivity contribution in [3.63, 3.8) is 0 Å². The predicted octanol–water partition coefficient (Wildman–Crippen LogP) is 2.37. The van der Waals surface area contributed by atoms with Crippen molar-refractivity contribution in [1.29, 1.82) is 0 Å². The van der Waals surface area contributed by atoms with Gasteiger partial charge in [0.05, 0.1) is 6.54 Å². The maximum Gasteiger partial charge on any atom is 0.176 e. The van der Waals surface area contributed by atoms with Crippen LogP contribution in [0.5, 0.6) is 0 Å². The Labute approximate surface area is 62.6 Å². The highest BCUT2D eigenvalue weighted by Crippen LogP contribution is 2.07. The molecule has 0 aromatic heterocycles. The van der Waals surface area contributed by atoms with Gasteiger partial charge in [-0.15, -0.1) is 0 Å². The highest BCUT2D eigenvalue weighted by molar-refractivity contribution is 5.50. The third-order valence-corrected chi connectivity index (χ3v) is 1.23. The quantitative estimate of drug-likeness (QED) is 0.507. The van der Waals surface area contributed by atoms with E-state index in [0.29, 0.717) is 0 Å². The molecule has 1 aliphatic heterocycles. The van der Waals surface area contributed by atoms with Crippen molar-refractivity contribution in [2.75, 3.05) is 6.54 Å². The van der Waals surface area contributed by atoms with Crippen molar-refractivity contribution < 1.29 is 4.74 Å². The Balaban J connectivity index is 0.000000371. The third kappa shape index (κ3) is 2.67. The fraction of sp³-hybridized carbons (Fsp3) is 0.625. The average Bonchev–Trinajstić information content (AvgIpc) is 2.00. The van der Waals surface area contributed by atoms with E-state index in [-0.39, 0.29) is 0 Å². The number of hydrogen-bond donors (Lipinski definition) is 0. The van der Waals surface area contributed by atoms with Gasteiger partial charge >= 0.3 is 0 Å². The summed E-state index contributed by atoms with van der Waals surface area (Å²) in [6, 6.07) is 0. The molecule has 0 fully saturated rings. The van der Waals surface area contributed by atoms with E-state index in [2.05, 4.69) is 4.99 Å². The van der Waals surface area contributed by atoms with Crippen LogP contribution in [0.15, 0.2) is 16.3 Å². The van der Waals surface area contributed by atoms with E-state index in [0.717, 1.165) is 12.3 Å². The molecule has 0 atom stereocenters. The lowest BCUT2D eigenvalue weighted by Crippen LogP contribution is -1.99. The van der Waals surface area contributed by atoms with Gasteiger partial charge < -0.3 is 4.74 Å². The summed E-state index contributed by atoms with van der Waals surface area (Å²) in [7, 11) is 0. The summed E-state index contributed by atoms with van der Waals surface area (Å²) in [5, 5.41) is 0. The molecule has 10 heavy (non-hydrogen) atoms. The van der Waals surface area contributed by atoms with Crippen LogP contribution < -0.4 is 0 Å². The lowest BCUT2D eigenvalue weighted by molar-refractivity contribution is 0.417. The number of allylic oxidation sites excluding steroid dienone is 1. The van der Waals surface area contributed by atoms with Crippen LogP contribution in [0.25, 0.3) is 0 Å². The van der Waals surface area contributed by atoms with E-state index >= 15 is 0 Å². The molecule has 2 nitrogen and oxygen atoms in total. The zero-order chi connectivity index (χ0) is 7.98. The molecular formula is C8H15NO. The normalized spacial score (nSPS) is 15.6. The second-order valence-corrected chi connectivity index (χ2v) is 1.90. The molecule has 0 bridgehead atoms. The maximum absolute atomic E-state index is 4.98. The number of hydrogen-bond acceptors (Lipinski definition) is 2. The van der Waals surface area contributed by atoms with E-state index in [1.807, 2.05) is 27.7 Å². The number of rotatable bonds is 0. The van der Waals surface area contributed by atoms with Crippen LogP contribution in [0.3, 0.4) is 0 Å². The minimum atomic E-state index is 0.797. The van der Waals surface area contributed by atoms with Crippen LogP contribution in [-0.2, 0) is 4.74 Å². The molecule has 0 unspecified atom stereocenters. The molecule has 0 saturated carbocycles. The maximum atomic E-state index is 4.98. The summed E-state index contributed by atoms with van der Waals surface area (Å²) in [6.45, 7) is 8.76. The number of aliphatic imine (C=N–C) groups is 1. The first-order valence-electron chi connectivity index (χ1n) is 3.62. The van der Waals surface area contributed by atoms with Crippen LogP contribution >= 0.6 is 0 Å². The zero-order valence-corrected chi connectivity index (χ0v) is 7.14. The van der Waals surface area contributed by atoms with Crippen molar-refractivity contribution in [1.82, 2.24) is 0 Å². The zero-order valence-electron chi connectivity index (χ0n) is 7.14. The summed E-state index contributed by atoms with van der Waals surface area (Å²) >= 11 is 0. The van der Waals surface area contributed by atoms with Crippen molar-refractivity contribution in [3.8, 4) is 0 Å². The van der Waals surface area contributed by atoms with Gasteiger partial charge in [0, 0.05) is 0 Å². The summed E-state index contributed by atoms with van der Waals surface area (Å²) in [5.41, 5.74) is 1.22. The molecule has 0 radical (unpaired) electrons. The summed E-state index contributed by atoms with van der Waals surface area (Å²) in [5.74, 6) is 0.986. The Kier molecular flexibility index (Phi) is 4.63. The highest BCUT2D eigenvalue weighted by atomic mass is 16.5. The van der Waals surface area contributed by atoms with E-state index < -0.39 is 0 Å². The molecule has 58 valence electrons. The molecule has 0 aromatic rings. The molecule has 1 heterocycles. The second kappa shape index (κ2) is 5.03. The van der Waals surface area contributed by atoms with Crippen LogP contribution in [0, 0.1) is 0 Å². The molecule has 0 spiro atoms. The summed E-state index contributed by atoms with van der Waals surface area (Å²) in [4.78, 5) is 3.90. The summed E-state index contributed by atoms with van der Waals surface area (Å²) in [6.07, 6.45) is 1.49. The van der Waals surface area contributed by atoms with Crippen molar-refractivity contribution in [3.05, 3.63) is 11.3 Å². The number of ether oxygens (including phenoxy) is 1. The highest BCUT2D eigenvalue weighted by Gasteiger charge is 1.98. The Morgan fingerprint density at radius 1 is 1.40 bits per heavy atom. The largest absolute Gasteiger partial charge is 0.451 e. The molecule has 0 N–H and O–H groups in total. The molecular weight excluding hydrogens is 126 g/mol. The van der Waals surface area contributed by atoms with Crippen molar-refractivity contribution in [2.24, 2.45) is 4.99 Å². The predicted molar refractivity (Wildman–Crippen MR) is 44.2 cm³/mol. The van der Waals surface area contributed by atoms with Gasteiger partial charge in [0.25, 0.3) is 0 Å². The van der Waals surface area contributed by atoms with Crippen molar-refractivity contribution >= 4 is 6.40 Å². The molecule has 0 amide bonds. The van der Waals surface area contributed by atoms with Gasteiger partial charge in [0.2, 0.25) is 0 Å². The molecule has 0 saturated heterocycles. The SMILES string of the molecule is CC.CC1=C(C)OC=NC1. The fourth-order valence-corrected chi connectivity index (χ4v) is 0.502. The van der Waals surface area contributed by atoms with Gasteiger partial charge in [-0.25, -0.2) is 0 Å². The lowest BCUT2D eigenvalue weighted by atomic mass is 10.2. The smallest absolute Gasteiger partial charge is 0.176 e. The van der Waals surface area contributed by atoms with Crippen LogP contribution in [-0.4, -0.2) is 12.9 Å². The molecule has 2 heteroatoms. The molecule has 1 rings (SSSR count). The summed E-state index contributed by atoms with van der Waals surface area (Å²) < 4.78 is 4.98. The average molecular weight is 141 g/mol. The molecule has 1 aliphatic rings.